The number of benzene rings is 1. The molecular formula is C17H24N4O2. The predicted molar refractivity (Wildman–Crippen MR) is 89.2 cm³/mol. The zero-order chi connectivity index (χ0) is 16.3. The molecule has 2 aromatic rings. The van der Waals surface area contributed by atoms with Crippen molar-refractivity contribution in [2.24, 2.45) is 7.05 Å². The summed E-state index contributed by atoms with van der Waals surface area (Å²) in [6.45, 7) is 1.05. The van der Waals surface area contributed by atoms with Gasteiger partial charge in [0.25, 0.3) is 0 Å². The van der Waals surface area contributed by atoms with Gasteiger partial charge in [-0.2, -0.15) is 5.10 Å². The number of carbonyl (C=O) groups is 1. The van der Waals surface area contributed by atoms with E-state index in [9.17, 15) is 9.90 Å². The standard InChI is InChI=1S/C17H24N4O2/c1-21-15-6-3-2-5-13(15)14(20-21)7-11-18-16(22)19-12-10-17(23)8-4-9-17/h2-3,5-6,23H,4,7-12H2,1H3,(H2,18,19,22). The van der Waals surface area contributed by atoms with E-state index in [1.54, 1.807) is 0 Å². The highest BCUT2D eigenvalue weighted by Gasteiger charge is 2.33. The molecule has 3 rings (SSSR count). The molecule has 0 unspecified atom stereocenters. The number of urea groups is 1. The molecule has 0 atom stereocenters. The fourth-order valence-electron chi connectivity index (χ4n) is 3.07. The number of carbonyl (C=O) groups excluding carboxylic acids is 1. The van der Waals surface area contributed by atoms with Gasteiger partial charge in [0.05, 0.1) is 16.8 Å². The second kappa shape index (κ2) is 6.58. The summed E-state index contributed by atoms with van der Waals surface area (Å²) in [5, 5.41) is 21.3. The molecule has 0 bridgehead atoms. The molecule has 23 heavy (non-hydrogen) atoms. The molecule has 6 heteroatoms. The topological polar surface area (TPSA) is 79.2 Å². The van der Waals surface area contributed by atoms with Crippen LogP contribution in [0.15, 0.2) is 24.3 Å². The van der Waals surface area contributed by atoms with Crippen molar-refractivity contribution in [2.45, 2.75) is 37.7 Å². The lowest BCUT2D eigenvalue weighted by Gasteiger charge is -2.36. The monoisotopic (exact) mass is 316 g/mol. The highest BCUT2D eigenvalue weighted by atomic mass is 16.3. The van der Waals surface area contributed by atoms with Crippen LogP contribution in [-0.4, -0.2) is 39.6 Å². The zero-order valence-corrected chi connectivity index (χ0v) is 13.5. The van der Waals surface area contributed by atoms with E-state index >= 15 is 0 Å². The van der Waals surface area contributed by atoms with E-state index < -0.39 is 5.60 Å². The Morgan fingerprint density at radius 3 is 2.78 bits per heavy atom. The third kappa shape index (κ3) is 3.64. The van der Waals surface area contributed by atoms with Crippen molar-refractivity contribution in [3.63, 3.8) is 0 Å². The second-order valence-corrected chi connectivity index (χ2v) is 6.35. The summed E-state index contributed by atoms with van der Waals surface area (Å²) in [5.41, 5.74) is 1.55. The maximum absolute atomic E-state index is 11.8. The predicted octanol–water partition coefficient (Wildman–Crippen LogP) is 1.72. The highest BCUT2D eigenvalue weighted by Crippen LogP contribution is 2.33. The van der Waals surface area contributed by atoms with Gasteiger partial charge in [-0.25, -0.2) is 4.79 Å². The molecule has 0 spiro atoms. The van der Waals surface area contributed by atoms with Crippen LogP contribution < -0.4 is 10.6 Å². The number of rotatable bonds is 6. The molecule has 1 fully saturated rings. The fourth-order valence-corrected chi connectivity index (χ4v) is 3.07. The minimum Gasteiger partial charge on any atom is -0.390 e. The van der Waals surface area contributed by atoms with Gasteiger partial charge in [-0.1, -0.05) is 18.2 Å². The first kappa shape index (κ1) is 15.8. The van der Waals surface area contributed by atoms with Crippen LogP contribution >= 0.6 is 0 Å². The SMILES string of the molecule is Cn1nc(CCNC(=O)NCCC2(O)CCC2)c2ccccc21. The van der Waals surface area contributed by atoms with Gasteiger partial charge in [0.2, 0.25) is 0 Å². The first-order valence-corrected chi connectivity index (χ1v) is 8.22. The summed E-state index contributed by atoms with van der Waals surface area (Å²) < 4.78 is 1.87. The molecule has 1 aromatic carbocycles. The molecule has 2 amide bonds. The first-order chi connectivity index (χ1) is 11.1. The molecule has 1 heterocycles. The first-order valence-electron chi connectivity index (χ1n) is 8.22. The number of nitrogens with zero attached hydrogens (tertiary/aromatic N) is 2. The number of fused-ring (bicyclic) bond motifs is 1. The quantitative estimate of drug-likeness (QED) is 0.759. The molecule has 124 valence electrons. The smallest absolute Gasteiger partial charge is 0.314 e. The van der Waals surface area contributed by atoms with Gasteiger partial charge >= 0.3 is 6.03 Å². The third-order valence-electron chi connectivity index (χ3n) is 4.64. The summed E-state index contributed by atoms with van der Waals surface area (Å²) >= 11 is 0. The van der Waals surface area contributed by atoms with E-state index in [4.69, 9.17) is 0 Å². The van der Waals surface area contributed by atoms with Crippen molar-refractivity contribution < 1.29 is 9.90 Å². The van der Waals surface area contributed by atoms with Crippen molar-refractivity contribution in [2.75, 3.05) is 13.1 Å². The van der Waals surface area contributed by atoms with Crippen LogP contribution in [-0.2, 0) is 13.5 Å². The largest absolute Gasteiger partial charge is 0.390 e. The molecule has 0 aliphatic heterocycles. The number of para-hydroxylation sites is 1. The van der Waals surface area contributed by atoms with Gasteiger partial charge < -0.3 is 15.7 Å². The number of aromatic nitrogens is 2. The summed E-state index contributed by atoms with van der Waals surface area (Å²) in [6, 6.07) is 7.90. The summed E-state index contributed by atoms with van der Waals surface area (Å²) in [4.78, 5) is 11.8. The van der Waals surface area contributed by atoms with Crippen LogP contribution in [0.4, 0.5) is 4.79 Å². The van der Waals surface area contributed by atoms with E-state index in [-0.39, 0.29) is 6.03 Å². The van der Waals surface area contributed by atoms with Gasteiger partial charge in [-0.15, -0.1) is 0 Å². The average Bonchev–Trinajstić information content (AvgIpc) is 2.83. The Balaban J connectivity index is 1.42. The van der Waals surface area contributed by atoms with Gasteiger partial charge in [0.15, 0.2) is 0 Å². The minimum absolute atomic E-state index is 0.187. The number of hydrogen-bond acceptors (Lipinski definition) is 3. The van der Waals surface area contributed by atoms with Crippen LogP contribution in [0.2, 0.25) is 0 Å². The van der Waals surface area contributed by atoms with Gasteiger partial charge in [0, 0.05) is 31.9 Å². The molecular weight excluding hydrogens is 292 g/mol. The van der Waals surface area contributed by atoms with Crippen LogP contribution in [0.3, 0.4) is 0 Å². The van der Waals surface area contributed by atoms with Crippen LogP contribution in [0.25, 0.3) is 10.9 Å². The van der Waals surface area contributed by atoms with Crippen LogP contribution in [0, 0.1) is 0 Å². The number of amides is 2. The van der Waals surface area contributed by atoms with Gasteiger partial charge in [-0.3, -0.25) is 4.68 Å². The van der Waals surface area contributed by atoms with Crippen molar-refractivity contribution in [1.82, 2.24) is 20.4 Å². The Kier molecular flexibility index (Phi) is 4.52. The van der Waals surface area contributed by atoms with Crippen LogP contribution in [0.1, 0.15) is 31.4 Å². The van der Waals surface area contributed by atoms with Crippen molar-refractivity contribution in [3.8, 4) is 0 Å². The van der Waals surface area contributed by atoms with Crippen molar-refractivity contribution in [3.05, 3.63) is 30.0 Å². The highest BCUT2D eigenvalue weighted by molar-refractivity contribution is 5.82. The van der Waals surface area contributed by atoms with Crippen molar-refractivity contribution >= 4 is 16.9 Å². The van der Waals surface area contributed by atoms with Gasteiger partial charge in [0.1, 0.15) is 0 Å². The average molecular weight is 316 g/mol. The lowest BCUT2D eigenvalue weighted by atomic mass is 9.78. The Hall–Kier alpha value is -2.08. The van der Waals surface area contributed by atoms with E-state index in [1.807, 2.05) is 29.9 Å². The van der Waals surface area contributed by atoms with E-state index in [1.165, 1.54) is 0 Å². The van der Waals surface area contributed by atoms with E-state index in [0.717, 1.165) is 35.9 Å². The Morgan fingerprint density at radius 2 is 2.04 bits per heavy atom. The summed E-state index contributed by atoms with van der Waals surface area (Å²) in [7, 11) is 1.93. The lowest BCUT2D eigenvalue weighted by molar-refractivity contribution is -0.0388. The zero-order valence-electron chi connectivity index (χ0n) is 13.5. The number of aryl methyl sites for hydroxylation is 1. The van der Waals surface area contributed by atoms with Gasteiger partial charge in [-0.05, 0) is 31.7 Å². The molecule has 0 saturated heterocycles. The molecule has 1 aliphatic carbocycles. The van der Waals surface area contributed by atoms with Crippen LogP contribution in [0.5, 0.6) is 0 Å². The van der Waals surface area contributed by atoms with E-state index in [0.29, 0.717) is 25.9 Å². The molecule has 0 radical (unpaired) electrons. The third-order valence-corrected chi connectivity index (χ3v) is 4.64. The minimum atomic E-state index is -0.542. The molecule has 1 saturated carbocycles. The number of nitrogens with one attached hydrogen (secondary N) is 2. The maximum atomic E-state index is 11.8. The summed E-state index contributed by atoms with van der Waals surface area (Å²) in [5.74, 6) is 0. The Labute approximate surface area is 135 Å². The Morgan fingerprint density at radius 1 is 1.30 bits per heavy atom. The number of hydrogen-bond donors (Lipinski definition) is 3. The molecule has 6 nitrogen and oxygen atoms in total. The Bertz CT molecular complexity index is 691. The molecule has 1 aromatic heterocycles. The van der Waals surface area contributed by atoms with E-state index in [2.05, 4.69) is 21.8 Å². The second-order valence-electron chi connectivity index (χ2n) is 6.35. The van der Waals surface area contributed by atoms with Crippen molar-refractivity contribution in [1.29, 1.82) is 0 Å². The fraction of sp³-hybridized carbons (Fsp3) is 0.529. The molecule has 1 aliphatic rings. The normalized spacial score (nSPS) is 16.1. The maximum Gasteiger partial charge on any atom is 0.314 e. The lowest BCUT2D eigenvalue weighted by Crippen LogP contribution is -2.43. The summed E-state index contributed by atoms with van der Waals surface area (Å²) in [6.07, 6.45) is 4.11. The number of aliphatic hydroxyl groups is 1. The molecule has 3 N–H and O–H groups in total.